The molecule has 0 unspecified atom stereocenters. The Hall–Kier alpha value is -3.98. The number of carbonyl (C=O) groups excluding carboxylic acids is 1. The topological polar surface area (TPSA) is 108 Å². The number of benzene rings is 2. The van der Waals surface area contributed by atoms with Gasteiger partial charge in [-0.15, -0.1) is 11.3 Å². The van der Waals surface area contributed by atoms with Gasteiger partial charge in [-0.1, -0.05) is 18.2 Å². The van der Waals surface area contributed by atoms with E-state index in [2.05, 4.69) is 36.3 Å². The van der Waals surface area contributed by atoms with Crippen LogP contribution in [0.3, 0.4) is 0 Å². The molecule has 4 rings (SSSR count). The van der Waals surface area contributed by atoms with Crippen LogP contribution in [0.25, 0.3) is 11.3 Å². The van der Waals surface area contributed by atoms with Crippen molar-refractivity contribution in [3.05, 3.63) is 91.7 Å². The summed E-state index contributed by atoms with van der Waals surface area (Å²) in [5.74, 6) is 0.159. The normalized spacial score (nSPS) is 10.8. The van der Waals surface area contributed by atoms with E-state index >= 15 is 0 Å². The lowest BCUT2D eigenvalue weighted by atomic mass is 10.0. The lowest BCUT2D eigenvalue weighted by Gasteiger charge is -2.05. The van der Waals surface area contributed by atoms with Gasteiger partial charge in [-0.25, -0.2) is 4.98 Å². The summed E-state index contributed by atoms with van der Waals surface area (Å²) in [5, 5.41) is 14.5. The summed E-state index contributed by atoms with van der Waals surface area (Å²) in [6.07, 6.45) is 0. The molecule has 174 valence electrons. The minimum absolute atomic E-state index is 0.0511. The van der Waals surface area contributed by atoms with E-state index in [0.717, 1.165) is 21.7 Å². The zero-order chi connectivity index (χ0) is 24.4. The third-order valence-corrected chi connectivity index (χ3v) is 6.25. The molecule has 2 aromatic heterocycles. The Labute approximate surface area is 200 Å². The lowest BCUT2D eigenvalue weighted by molar-refractivity contribution is -0.386. The van der Waals surface area contributed by atoms with E-state index in [9.17, 15) is 14.9 Å². The van der Waals surface area contributed by atoms with E-state index in [1.807, 2.05) is 13.0 Å². The first kappa shape index (κ1) is 23.2. The number of carbonyl (C=O) groups is 1. The second kappa shape index (κ2) is 9.48. The molecule has 0 aliphatic carbocycles. The molecule has 0 bridgehead atoms. The summed E-state index contributed by atoms with van der Waals surface area (Å²) in [4.78, 5) is 29.0. The third-order valence-electron chi connectivity index (χ3n) is 5.36. The van der Waals surface area contributed by atoms with Crippen molar-refractivity contribution in [2.45, 2.75) is 34.3 Å². The predicted octanol–water partition coefficient (Wildman–Crippen LogP) is 6.38. The smallest absolute Gasteiger partial charge is 0.311 e. The maximum atomic E-state index is 12.7. The Morgan fingerprint density at radius 3 is 2.62 bits per heavy atom. The number of nitro benzene ring substituents is 1. The highest BCUT2D eigenvalue weighted by Crippen LogP contribution is 2.32. The van der Waals surface area contributed by atoms with E-state index in [0.29, 0.717) is 10.9 Å². The molecule has 0 aliphatic rings. The van der Waals surface area contributed by atoms with Gasteiger partial charge in [-0.3, -0.25) is 20.2 Å². The quantitative estimate of drug-likeness (QED) is 0.245. The molecule has 0 fully saturated rings. The molecule has 2 heterocycles. The second-order valence-electron chi connectivity index (χ2n) is 7.96. The van der Waals surface area contributed by atoms with Crippen molar-refractivity contribution in [1.82, 2.24) is 4.98 Å². The maximum absolute atomic E-state index is 12.7. The van der Waals surface area contributed by atoms with E-state index in [1.54, 1.807) is 25.1 Å². The molecule has 4 aromatic rings. The van der Waals surface area contributed by atoms with Gasteiger partial charge in [0.25, 0.3) is 5.91 Å². The van der Waals surface area contributed by atoms with E-state index in [-0.39, 0.29) is 23.8 Å². The van der Waals surface area contributed by atoms with Gasteiger partial charge in [-0.05, 0) is 68.7 Å². The SMILES string of the molecule is Cc1ccc(OCc2ccc(C(=O)Nc3nc(-c4ccc(C)c(C)c4)c(C)s3)o2)c([N+](=O)[O-])c1. The van der Waals surface area contributed by atoms with Gasteiger partial charge in [0, 0.05) is 16.5 Å². The first-order valence-electron chi connectivity index (χ1n) is 10.5. The highest BCUT2D eigenvalue weighted by molar-refractivity contribution is 7.16. The molecule has 0 radical (unpaired) electrons. The standard InChI is InChI=1S/C25H23N3O5S/c1-14-5-9-21(20(11-14)28(30)31)32-13-19-8-10-22(33-19)24(29)27-25-26-23(17(4)34-25)18-7-6-15(2)16(3)12-18/h5-12H,13H2,1-4H3,(H,26,27,29). The van der Waals surface area contributed by atoms with Crippen molar-refractivity contribution in [1.29, 1.82) is 0 Å². The molecule has 0 spiro atoms. The molecule has 1 amide bonds. The molecule has 1 N–H and O–H groups in total. The summed E-state index contributed by atoms with van der Waals surface area (Å²) in [6.45, 7) is 7.79. The Bertz CT molecular complexity index is 1390. The summed E-state index contributed by atoms with van der Waals surface area (Å²) < 4.78 is 11.1. The van der Waals surface area contributed by atoms with Gasteiger partial charge >= 0.3 is 5.69 Å². The molecule has 9 heteroatoms. The monoisotopic (exact) mass is 477 g/mol. The van der Waals surface area contributed by atoms with Crippen molar-refractivity contribution >= 4 is 28.1 Å². The Morgan fingerprint density at radius 2 is 1.88 bits per heavy atom. The van der Waals surface area contributed by atoms with E-state index < -0.39 is 10.8 Å². The number of nitro groups is 1. The van der Waals surface area contributed by atoms with Crippen LogP contribution in [0.1, 0.15) is 37.9 Å². The highest BCUT2D eigenvalue weighted by Gasteiger charge is 2.18. The zero-order valence-corrected chi connectivity index (χ0v) is 20.0. The van der Waals surface area contributed by atoms with Gasteiger partial charge in [0.15, 0.2) is 16.6 Å². The fourth-order valence-corrected chi connectivity index (χ4v) is 4.21. The van der Waals surface area contributed by atoms with Crippen LogP contribution in [0.2, 0.25) is 0 Å². The van der Waals surface area contributed by atoms with Crippen molar-refractivity contribution in [2.75, 3.05) is 5.32 Å². The molecule has 0 saturated carbocycles. The van der Waals surface area contributed by atoms with Gasteiger partial charge in [0.1, 0.15) is 12.4 Å². The number of hydrogen-bond donors (Lipinski definition) is 1. The van der Waals surface area contributed by atoms with Crippen LogP contribution in [0.15, 0.2) is 52.9 Å². The maximum Gasteiger partial charge on any atom is 0.311 e. The summed E-state index contributed by atoms with van der Waals surface area (Å²) >= 11 is 1.39. The van der Waals surface area contributed by atoms with Crippen LogP contribution in [0, 0.1) is 37.8 Å². The van der Waals surface area contributed by atoms with E-state index in [1.165, 1.54) is 34.6 Å². The number of ether oxygens (including phenoxy) is 1. The number of hydrogen-bond acceptors (Lipinski definition) is 7. The number of nitrogens with zero attached hydrogens (tertiary/aromatic N) is 2. The molecule has 2 aromatic carbocycles. The van der Waals surface area contributed by atoms with Gasteiger partial charge in [0.2, 0.25) is 0 Å². The molecule has 0 atom stereocenters. The first-order valence-corrected chi connectivity index (χ1v) is 11.4. The number of aryl methyl sites for hydroxylation is 4. The van der Waals surface area contributed by atoms with Crippen LogP contribution >= 0.6 is 11.3 Å². The van der Waals surface area contributed by atoms with Gasteiger partial charge < -0.3 is 9.15 Å². The van der Waals surface area contributed by atoms with E-state index in [4.69, 9.17) is 9.15 Å². The summed E-state index contributed by atoms with van der Waals surface area (Å²) in [7, 11) is 0. The van der Waals surface area contributed by atoms with Crippen molar-refractivity contribution in [3.8, 4) is 17.0 Å². The summed E-state index contributed by atoms with van der Waals surface area (Å²) in [6, 6.07) is 14.0. The number of furan rings is 1. The van der Waals surface area contributed by atoms with Crippen LogP contribution in [0.5, 0.6) is 5.75 Å². The number of aromatic nitrogens is 1. The van der Waals surface area contributed by atoms with Crippen LogP contribution in [-0.2, 0) is 6.61 Å². The fraction of sp³-hybridized carbons (Fsp3) is 0.200. The first-order chi connectivity index (χ1) is 16.2. The van der Waals surface area contributed by atoms with Gasteiger partial charge in [0.05, 0.1) is 10.6 Å². The molecule has 8 nitrogen and oxygen atoms in total. The minimum atomic E-state index is -0.495. The number of rotatable bonds is 7. The predicted molar refractivity (Wildman–Crippen MR) is 131 cm³/mol. The molecule has 0 aliphatic heterocycles. The third kappa shape index (κ3) is 4.99. The lowest BCUT2D eigenvalue weighted by Crippen LogP contribution is -2.10. The van der Waals surface area contributed by atoms with Crippen molar-refractivity contribution in [2.24, 2.45) is 0 Å². The summed E-state index contributed by atoms with van der Waals surface area (Å²) in [5.41, 5.74) is 4.85. The van der Waals surface area contributed by atoms with Crippen LogP contribution in [0.4, 0.5) is 10.8 Å². The Balaban J connectivity index is 1.43. The Kier molecular flexibility index (Phi) is 6.47. The van der Waals surface area contributed by atoms with Crippen LogP contribution in [-0.4, -0.2) is 15.8 Å². The molecular formula is C25H23N3O5S. The average molecular weight is 478 g/mol. The Morgan fingerprint density at radius 1 is 1.09 bits per heavy atom. The van der Waals surface area contributed by atoms with Gasteiger partial charge in [-0.2, -0.15) is 0 Å². The molecule has 34 heavy (non-hydrogen) atoms. The minimum Gasteiger partial charge on any atom is -0.479 e. The largest absolute Gasteiger partial charge is 0.479 e. The number of nitrogens with one attached hydrogen (secondary N) is 1. The molecule has 0 saturated heterocycles. The average Bonchev–Trinajstić information content (AvgIpc) is 3.41. The fourth-order valence-electron chi connectivity index (χ4n) is 3.38. The van der Waals surface area contributed by atoms with Crippen molar-refractivity contribution < 1.29 is 18.9 Å². The number of thiazole rings is 1. The number of amides is 1. The highest BCUT2D eigenvalue weighted by atomic mass is 32.1. The zero-order valence-electron chi connectivity index (χ0n) is 19.2. The van der Waals surface area contributed by atoms with Crippen molar-refractivity contribution in [3.63, 3.8) is 0 Å². The van der Waals surface area contributed by atoms with Crippen LogP contribution < -0.4 is 10.1 Å². The second-order valence-corrected chi connectivity index (χ2v) is 9.16. The molecular weight excluding hydrogens is 454 g/mol. The number of anilines is 1.